The lowest BCUT2D eigenvalue weighted by Crippen LogP contribution is -2.50. The molecule has 0 aromatic rings. The molecule has 0 saturated carbocycles. The predicted molar refractivity (Wildman–Crippen MR) is 67.3 cm³/mol. The standard InChI is InChI=1S/C11H24N2OS/c1-4-11(14)9-12-5-7-13(8-6-12)10(2)15-3/h10-11,14H,4-9H2,1-3H3. The number of piperazine rings is 1. The van der Waals surface area contributed by atoms with Gasteiger partial charge in [0.25, 0.3) is 0 Å². The van der Waals surface area contributed by atoms with Gasteiger partial charge in [-0.15, -0.1) is 11.8 Å². The van der Waals surface area contributed by atoms with Gasteiger partial charge in [-0.1, -0.05) is 6.92 Å². The molecule has 1 heterocycles. The van der Waals surface area contributed by atoms with Crippen LogP contribution in [-0.2, 0) is 0 Å². The highest BCUT2D eigenvalue weighted by Gasteiger charge is 2.21. The van der Waals surface area contributed by atoms with Crippen LogP contribution >= 0.6 is 11.8 Å². The first kappa shape index (κ1) is 13.3. The topological polar surface area (TPSA) is 26.7 Å². The number of rotatable bonds is 5. The summed E-state index contributed by atoms with van der Waals surface area (Å²) in [5.74, 6) is 0. The van der Waals surface area contributed by atoms with Crippen molar-refractivity contribution in [3.63, 3.8) is 0 Å². The predicted octanol–water partition coefficient (Wildman–Crippen LogP) is 1.08. The molecule has 0 aromatic heterocycles. The Kier molecular flexibility index (Phi) is 5.97. The zero-order valence-corrected chi connectivity index (χ0v) is 11.0. The first-order valence-corrected chi connectivity index (χ1v) is 7.13. The van der Waals surface area contributed by atoms with Gasteiger partial charge in [0.15, 0.2) is 0 Å². The average molecular weight is 232 g/mol. The van der Waals surface area contributed by atoms with Crippen molar-refractivity contribution in [2.24, 2.45) is 0 Å². The number of aliphatic hydroxyl groups excluding tert-OH is 1. The maximum atomic E-state index is 9.57. The van der Waals surface area contributed by atoms with Crippen LogP contribution in [0.15, 0.2) is 0 Å². The molecule has 1 saturated heterocycles. The number of hydrogen-bond acceptors (Lipinski definition) is 4. The molecule has 1 aliphatic rings. The minimum Gasteiger partial charge on any atom is -0.392 e. The average Bonchev–Trinajstić information content (AvgIpc) is 2.29. The van der Waals surface area contributed by atoms with E-state index in [0.29, 0.717) is 5.37 Å². The van der Waals surface area contributed by atoms with Gasteiger partial charge in [0.1, 0.15) is 0 Å². The van der Waals surface area contributed by atoms with E-state index >= 15 is 0 Å². The van der Waals surface area contributed by atoms with Gasteiger partial charge in [-0.05, 0) is 19.6 Å². The van der Waals surface area contributed by atoms with Gasteiger partial charge in [-0.2, -0.15) is 0 Å². The van der Waals surface area contributed by atoms with Crippen LogP contribution < -0.4 is 0 Å². The van der Waals surface area contributed by atoms with E-state index in [9.17, 15) is 5.11 Å². The van der Waals surface area contributed by atoms with Crippen molar-refractivity contribution in [1.82, 2.24) is 9.80 Å². The molecule has 0 aromatic carbocycles. The highest BCUT2D eigenvalue weighted by Crippen LogP contribution is 2.14. The van der Waals surface area contributed by atoms with Crippen LogP contribution in [0.3, 0.4) is 0 Å². The van der Waals surface area contributed by atoms with Gasteiger partial charge in [-0.3, -0.25) is 9.80 Å². The maximum absolute atomic E-state index is 9.57. The first-order valence-electron chi connectivity index (χ1n) is 5.84. The third-order valence-corrected chi connectivity index (χ3v) is 4.18. The fourth-order valence-electron chi connectivity index (χ4n) is 1.89. The van der Waals surface area contributed by atoms with Crippen molar-refractivity contribution < 1.29 is 5.11 Å². The third-order valence-electron chi connectivity index (χ3n) is 3.20. The molecule has 4 heteroatoms. The van der Waals surface area contributed by atoms with E-state index in [1.807, 2.05) is 18.7 Å². The zero-order valence-electron chi connectivity index (χ0n) is 10.1. The lowest BCUT2D eigenvalue weighted by atomic mass is 10.2. The quantitative estimate of drug-likeness (QED) is 0.767. The van der Waals surface area contributed by atoms with Crippen LogP contribution in [0, 0.1) is 0 Å². The summed E-state index contributed by atoms with van der Waals surface area (Å²) >= 11 is 1.91. The number of nitrogens with zero attached hydrogens (tertiary/aromatic N) is 2. The number of β-amino-alcohol motifs (C(OH)–C–C–N with tert-alkyl or cyclic N) is 1. The fraction of sp³-hybridized carbons (Fsp3) is 1.00. The summed E-state index contributed by atoms with van der Waals surface area (Å²) in [5, 5.41) is 10.2. The number of thioether (sulfide) groups is 1. The van der Waals surface area contributed by atoms with Crippen LogP contribution in [-0.4, -0.2) is 65.4 Å². The molecule has 0 radical (unpaired) electrons. The van der Waals surface area contributed by atoms with Gasteiger partial charge >= 0.3 is 0 Å². The smallest absolute Gasteiger partial charge is 0.0664 e. The molecule has 0 spiro atoms. The van der Waals surface area contributed by atoms with E-state index in [0.717, 1.165) is 39.1 Å². The van der Waals surface area contributed by atoms with Gasteiger partial charge < -0.3 is 5.11 Å². The Morgan fingerprint density at radius 2 is 1.87 bits per heavy atom. The minimum absolute atomic E-state index is 0.144. The van der Waals surface area contributed by atoms with Crippen molar-refractivity contribution in [3.8, 4) is 0 Å². The van der Waals surface area contributed by atoms with E-state index in [2.05, 4.69) is 23.0 Å². The normalized spacial score (nSPS) is 24.0. The minimum atomic E-state index is -0.144. The Balaban J connectivity index is 2.23. The molecule has 1 aliphatic heterocycles. The van der Waals surface area contributed by atoms with Crippen LogP contribution in [0.25, 0.3) is 0 Å². The molecule has 0 aliphatic carbocycles. The molecule has 90 valence electrons. The third kappa shape index (κ3) is 4.31. The summed E-state index contributed by atoms with van der Waals surface area (Å²) in [7, 11) is 0. The molecule has 0 bridgehead atoms. The van der Waals surface area contributed by atoms with Gasteiger partial charge in [0, 0.05) is 32.7 Å². The summed E-state index contributed by atoms with van der Waals surface area (Å²) in [6.07, 6.45) is 2.88. The van der Waals surface area contributed by atoms with E-state index in [1.54, 1.807) is 0 Å². The van der Waals surface area contributed by atoms with Crippen LogP contribution in [0.2, 0.25) is 0 Å². The van der Waals surface area contributed by atoms with Gasteiger partial charge in [-0.25, -0.2) is 0 Å². The Morgan fingerprint density at radius 1 is 1.27 bits per heavy atom. The lowest BCUT2D eigenvalue weighted by molar-refractivity contribution is 0.0693. The Bertz CT molecular complexity index is 172. The number of aliphatic hydroxyl groups is 1. The highest BCUT2D eigenvalue weighted by atomic mass is 32.2. The van der Waals surface area contributed by atoms with E-state index < -0.39 is 0 Å². The van der Waals surface area contributed by atoms with E-state index in [-0.39, 0.29) is 6.10 Å². The summed E-state index contributed by atoms with van der Waals surface area (Å²) in [6.45, 7) is 9.62. The second kappa shape index (κ2) is 6.74. The van der Waals surface area contributed by atoms with Crippen molar-refractivity contribution in [3.05, 3.63) is 0 Å². The van der Waals surface area contributed by atoms with Crippen molar-refractivity contribution in [2.75, 3.05) is 39.0 Å². The second-order valence-electron chi connectivity index (χ2n) is 4.23. The molecule has 1 rings (SSSR count). The molecule has 1 N–H and O–H groups in total. The summed E-state index contributed by atoms with van der Waals surface area (Å²) in [4.78, 5) is 4.89. The molecular formula is C11H24N2OS. The van der Waals surface area contributed by atoms with Crippen LogP contribution in [0.5, 0.6) is 0 Å². The Morgan fingerprint density at radius 3 is 2.33 bits per heavy atom. The van der Waals surface area contributed by atoms with Crippen LogP contribution in [0.1, 0.15) is 20.3 Å². The fourth-order valence-corrected chi connectivity index (χ4v) is 2.39. The summed E-state index contributed by atoms with van der Waals surface area (Å²) < 4.78 is 0. The van der Waals surface area contributed by atoms with Gasteiger partial charge in [0.05, 0.1) is 11.5 Å². The van der Waals surface area contributed by atoms with E-state index in [1.165, 1.54) is 0 Å². The monoisotopic (exact) mass is 232 g/mol. The Hall–Kier alpha value is 0.230. The molecular weight excluding hydrogens is 208 g/mol. The SMILES string of the molecule is CCC(O)CN1CCN(C(C)SC)CC1. The Labute approximate surface area is 97.8 Å². The van der Waals surface area contributed by atoms with Crippen molar-refractivity contribution >= 4 is 11.8 Å². The highest BCUT2D eigenvalue weighted by molar-refractivity contribution is 7.99. The van der Waals surface area contributed by atoms with Crippen LogP contribution in [0.4, 0.5) is 0 Å². The molecule has 2 atom stereocenters. The zero-order chi connectivity index (χ0) is 11.3. The van der Waals surface area contributed by atoms with E-state index in [4.69, 9.17) is 0 Å². The van der Waals surface area contributed by atoms with Crippen molar-refractivity contribution in [1.29, 1.82) is 0 Å². The largest absolute Gasteiger partial charge is 0.392 e. The van der Waals surface area contributed by atoms with Crippen molar-refractivity contribution in [2.45, 2.75) is 31.7 Å². The molecule has 1 fully saturated rings. The molecule has 3 nitrogen and oxygen atoms in total. The second-order valence-corrected chi connectivity index (χ2v) is 5.39. The lowest BCUT2D eigenvalue weighted by Gasteiger charge is -2.38. The summed E-state index contributed by atoms with van der Waals surface area (Å²) in [6, 6.07) is 0. The molecule has 15 heavy (non-hydrogen) atoms. The molecule has 2 unspecified atom stereocenters. The van der Waals surface area contributed by atoms with Gasteiger partial charge in [0.2, 0.25) is 0 Å². The number of hydrogen-bond donors (Lipinski definition) is 1. The summed E-state index contributed by atoms with van der Waals surface area (Å²) in [5.41, 5.74) is 0. The molecule has 0 amide bonds. The first-order chi connectivity index (χ1) is 7.17. The maximum Gasteiger partial charge on any atom is 0.0664 e.